The molecule has 1 heteroatoms. The van der Waals surface area contributed by atoms with Crippen molar-refractivity contribution in [3.05, 3.63) is 104 Å². The Balaban J connectivity index is 0.000000136. The molecule has 112 valence electrons. The van der Waals surface area contributed by atoms with E-state index in [1.807, 2.05) is 12.1 Å². The summed E-state index contributed by atoms with van der Waals surface area (Å²) in [7, 11) is 0. The van der Waals surface area contributed by atoms with Crippen molar-refractivity contribution in [3.8, 4) is 11.1 Å². The van der Waals surface area contributed by atoms with Crippen LogP contribution in [-0.4, -0.2) is 0 Å². The second-order valence-electron chi connectivity index (χ2n) is 5.51. The Morgan fingerprint density at radius 2 is 1.00 bits per heavy atom. The largest absolute Gasteiger partial charge is 0.0622 e. The van der Waals surface area contributed by atoms with Gasteiger partial charge in [0.2, 0.25) is 0 Å². The van der Waals surface area contributed by atoms with Gasteiger partial charge in [-0.25, -0.2) is 0 Å². The van der Waals surface area contributed by atoms with Gasteiger partial charge >= 0.3 is 78.9 Å². The average Bonchev–Trinajstić information content (AvgIpc) is 3.32. The van der Waals surface area contributed by atoms with E-state index >= 15 is 0 Å². The Morgan fingerprint density at radius 3 is 1.35 bits per heavy atom. The van der Waals surface area contributed by atoms with Crippen molar-refractivity contribution in [1.29, 1.82) is 0 Å². The third-order valence-electron chi connectivity index (χ3n) is 3.74. The van der Waals surface area contributed by atoms with Crippen molar-refractivity contribution < 1.29 is 22.9 Å². The monoisotopic (exact) mass is 464 g/mol. The molecule has 2 aliphatic rings. The molecule has 2 aliphatic carbocycles. The minimum Gasteiger partial charge on any atom is -0.0622 e. The summed E-state index contributed by atoms with van der Waals surface area (Å²) in [4.78, 5) is 0. The smallest absolute Gasteiger partial charge is 0.0184 e. The maximum absolute atomic E-state index is 2.32. The summed E-state index contributed by atoms with van der Waals surface area (Å²) in [6, 6.07) is 20.8. The maximum atomic E-state index is 2.32. The molecule has 0 heterocycles. The summed E-state index contributed by atoms with van der Waals surface area (Å²) in [5.41, 5.74) is 2.55. The molecule has 0 nitrogen and oxygen atoms in total. The Hall–Kier alpha value is -1.73. The summed E-state index contributed by atoms with van der Waals surface area (Å²) in [5, 5.41) is 0. The molecule has 0 fully saturated rings. The summed E-state index contributed by atoms with van der Waals surface area (Å²) < 4.78 is 3.50. The zero-order valence-corrected chi connectivity index (χ0v) is 16.7. The molecule has 2 aromatic carbocycles. The molecular weight excluding hydrogens is 443 g/mol. The molecule has 0 saturated heterocycles. The Kier molecular flexibility index (Phi) is 6.17. The van der Waals surface area contributed by atoms with E-state index < -0.39 is 22.9 Å². The van der Waals surface area contributed by atoms with E-state index in [9.17, 15) is 0 Å². The SMILES string of the molecule is C1=CC[C]([Hf][C]2=CC=CC2)=C1.c1ccc(-c2ccccc2)cc1. The van der Waals surface area contributed by atoms with Crippen LogP contribution in [0, 0.1) is 0 Å². The Labute approximate surface area is 150 Å². The summed E-state index contributed by atoms with van der Waals surface area (Å²) in [6.07, 6.45) is 16.1. The normalized spacial score (nSPS) is 14.8. The molecule has 23 heavy (non-hydrogen) atoms. The van der Waals surface area contributed by atoms with Crippen molar-refractivity contribution in [2.24, 2.45) is 0 Å². The van der Waals surface area contributed by atoms with Crippen LogP contribution in [0.5, 0.6) is 0 Å². The minimum absolute atomic E-state index is 0.526. The van der Waals surface area contributed by atoms with E-state index in [4.69, 9.17) is 0 Å². The molecule has 0 N–H and O–H groups in total. The van der Waals surface area contributed by atoms with Crippen molar-refractivity contribution in [3.63, 3.8) is 0 Å². The first-order valence-electron chi connectivity index (χ1n) is 8.01. The number of rotatable bonds is 3. The molecule has 4 rings (SSSR count). The first-order chi connectivity index (χ1) is 11.4. The predicted molar refractivity (Wildman–Crippen MR) is 95.6 cm³/mol. The average molecular weight is 463 g/mol. The van der Waals surface area contributed by atoms with Crippen LogP contribution in [0.4, 0.5) is 0 Å². The van der Waals surface area contributed by atoms with E-state index in [1.54, 1.807) is 6.66 Å². The van der Waals surface area contributed by atoms with Crippen LogP contribution in [0.1, 0.15) is 12.8 Å². The van der Waals surface area contributed by atoms with Crippen LogP contribution in [-0.2, 0) is 22.9 Å². The quantitative estimate of drug-likeness (QED) is 0.483. The Bertz CT molecular complexity index is 669. The molecule has 0 radical (unpaired) electrons. The Morgan fingerprint density at radius 1 is 0.565 bits per heavy atom. The number of allylic oxidation sites excluding steroid dienone is 8. The van der Waals surface area contributed by atoms with Crippen molar-refractivity contribution >= 4 is 0 Å². The zero-order chi connectivity index (χ0) is 15.7. The first kappa shape index (κ1) is 16.1. The molecule has 0 spiro atoms. The fourth-order valence-corrected chi connectivity index (χ4v) is 6.90. The van der Waals surface area contributed by atoms with Crippen molar-refractivity contribution in [1.82, 2.24) is 0 Å². The van der Waals surface area contributed by atoms with Gasteiger partial charge < -0.3 is 0 Å². The van der Waals surface area contributed by atoms with E-state index in [1.165, 1.54) is 24.0 Å². The van der Waals surface area contributed by atoms with Gasteiger partial charge in [-0.3, -0.25) is 0 Å². The fraction of sp³-hybridized carbons (Fsp3) is 0.0909. The van der Waals surface area contributed by atoms with Crippen LogP contribution in [0.3, 0.4) is 0 Å². The van der Waals surface area contributed by atoms with Gasteiger partial charge in [-0.15, -0.1) is 0 Å². The van der Waals surface area contributed by atoms with E-state index in [-0.39, 0.29) is 0 Å². The molecule has 0 atom stereocenters. The summed E-state index contributed by atoms with van der Waals surface area (Å²) in [6.45, 7) is 0. The number of hydrogen-bond donors (Lipinski definition) is 0. The predicted octanol–water partition coefficient (Wildman–Crippen LogP) is 6.11. The van der Waals surface area contributed by atoms with Gasteiger partial charge in [0, 0.05) is 0 Å². The summed E-state index contributed by atoms with van der Waals surface area (Å²) >= 11 is -0.526. The number of benzene rings is 2. The molecule has 0 bridgehead atoms. The second-order valence-corrected chi connectivity index (χ2v) is 11.0. The zero-order valence-electron chi connectivity index (χ0n) is 13.2. The van der Waals surface area contributed by atoms with Gasteiger partial charge in [-0.2, -0.15) is 0 Å². The van der Waals surface area contributed by atoms with Crippen molar-refractivity contribution in [2.45, 2.75) is 12.8 Å². The van der Waals surface area contributed by atoms with Gasteiger partial charge in [-0.1, -0.05) is 60.7 Å². The second kappa shape index (κ2) is 8.79. The molecule has 2 aromatic rings. The molecule has 0 unspecified atom stereocenters. The summed E-state index contributed by atoms with van der Waals surface area (Å²) in [5.74, 6) is 0. The van der Waals surface area contributed by atoms with Crippen LogP contribution in [0.25, 0.3) is 11.1 Å². The van der Waals surface area contributed by atoms with Crippen LogP contribution in [0.15, 0.2) is 104 Å². The van der Waals surface area contributed by atoms with Crippen LogP contribution >= 0.6 is 0 Å². The minimum atomic E-state index is -0.526. The van der Waals surface area contributed by atoms with Crippen LogP contribution < -0.4 is 0 Å². The van der Waals surface area contributed by atoms with E-state index in [2.05, 4.69) is 85.0 Å². The van der Waals surface area contributed by atoms with Gasteiger partial charge in [0.05, 0.1) is 0 Å². The maximum Gasteiger partial charge on any atom is -0.0184 e. The van der Waals surface area contributed by atoms with E-state index in [0.29, 0.717) is 0 Å². The molecular formula is C22H20Hf. The third-order valence-corrected chi connectivity index (χ3v) is 8.72. The fourth-order valence-electron chi connectivity index (χ4n) is 2.55. The van der Waals surface area contributed by atoms with Gasteiger partial charge in [-0.05, 0) is 11.1 Å². The van der Waals surface area contributed by atoms with Gasteiger partial charge in [0.1, 0.15) is 0 Å². The molecule has 0 amide bonds. The van der Waals surface area contributed by atoms with Crippen LogP contribution in [0.2, 0.25) is 0 Å². The van der Waals surface area contributed by atoms with Gasteiger partial charge in [0.15, 0.2) is 0 Å². The standard InChI is InChI=1S/C12H10.2C5H5.Hf/c1-3-7-11(8-4-1)12-9-5-2-6-10-12;2*1-2-4-5-3-1;/h1-10H;2*1-3H,4H2;. The first-order valence-corrected chi connectivity index (χ1v) is 11.6. The molecule has 0 saturated carbocycles. The van der Waals surface area contributed by atoms with Gasteiger partial charge in [0.25, 0.3) is 0 Å². The van der Waals surface area contributed by atoms with E-state index in [0.717, 1.165) is 0 Å². The molecule has 0 aromatic heterocycles. The topological polar surface area (TPSA) is 0 Å². The number of hydrogen-bond acceptors (Lipinski definition) is 0. The molecule has 0 aliphatic heterocycles. The van der Waals surface area contributed by atoms with Crippen molar-refractivity contribution in [2.75, 3.05) is 0 Å². The third kappa shape index (κ3) is 5.14.